The van der Waals surface area contributed by atoms with Crippen LogP contribution < -0.4 is 10.2 Å². The molecule has 0 atom stereocenters. The van der Waals surface area contributed by atoms with Gasteiger partial charge >= 0.3 is 0 Å². The predicted molar refractivity (Wildman–Crippen MR) is 60.8 cm³/mol. The summed E-state index contributed by atoms with van der Waals surface area (Å²) in [5.74, 6) is 0.582. The van der Waals surface area contributed by atoms with E-state index >= 15 is 0 Å². The molecule has 2 heterocycles. The third kappa shape index (κ3) is 1.05. The Morgan fingerprint density at radius 2 is 2.12 bits per heavy atom. The van der Waals surface area contributed by atoms with Crippen LogP contribution in [0, 0.1) is 0 Å². The van der Waals surface area contributed by atoms with E-state index < -0.39 is 0 Å². The van der Waals surface area contributed by atoms with Crippen LogP contribution in [0.4, 0.5) is 0 Å². The van der Waals surface area contributed by atoms with Gasteiger partial charge in [0.2, 0.25) is 5.88 Å². The molecule has 0 amide bonds. The Kier molecular flexibility index (Phi) is 1.73. The second-order valence-electron chi connectivity index (χ2n) is 3.48. The summed E-state index contributed by atoms with van der Waals surface area (Å²) in [6.07, 6.45) is 1.57. The van der Waals surface area contributed by atoms with Crippen molar-refractivity contribution in [3.63, 3.8) is 0 Å². The third-order valence-electron chi connectivity index (χ3n) is 2.62. The zero-order chi connectivity index (χ0) is 11.1. The van der Waals surface area contributed by atoms with Crippen LogP contribution in [0.25, 0.3) is 21.8 Å². The molecule has 5 nitrogen and oxygen atoms in total. The molecule has 0 spiro atoms. The molecule has 0 aliphatic rings. The smallest absolute Gasteiger partial charge is 0.217 e. The molecule has 1 aromatic carbocycles. The van der Waals surface area contributed by atoms with Gasteiger partial charge in [-0.25, -0.2) is 4.98 Å². The van der Waals surface area contributed by atoms with Gasteiger partial charge in [-0.2, -0.15) is 0 Å². The van der Waals surface area contributed by atoms with Crippen molar-refractivity contribution >= 4 is 21.8 Å². The molecule has 5 heteroatoms. The third-order valence-corrected chi connectivity index (χ3v) is 2.62. The zero-order valence-electron chi connectivity index (χ0n) is 8.57. The number of hydrogen-bond donors (Lipinski definition) is 2. The first-order valence-corrected chi connectivity index (χ1v) is 4.83. The Bertz CT molecular complexity index is 727. The lowest BCUT2D eigenvalue weighted by molar-refractivity contribution is 0.401. The maximum absolute atomic E-state index is 11.6. The van der Waals surface area contributed by atoms with Crippen LogP contribution in [-0.2, 0) is 0 Å². The summed E-state index contributed by atoms with van der Waals surface area (Å²) in [7, 11) is 1.57. The molecule has 16 heavy (non-hydrogen) atoms. The van der Waals surface area contributed by atoms with Gasteiger partial charge in [0.05, 0.1) is 12.5 Å². The second kappa shape index (κ2) is 3.10. The summed E-state index contributed by atoms with van der Waals surface area (Å²) in [5, 5.41) is 7.99. The van der Waals surface area contributed by atoms with E-state index in [1.807, 2.05) is 6.07 Å². The molecule has 0 fully saturated rings. The second-order valence-corrected chi connectivity index (χ2v) is 3.48. The number of hydrogen-bond acceptors (Lipinski definition) is 3. The standard InChI is InChI=1S/C11H9N3O2/c1-16-11-9-6-3-2-4-8(15)7(6)5-12-10(9)13-14-11/h2-5H,1H3,(H2,12,13,14). The van der Waals surface area contributed by atoms with Gasteiger partial charge in [0.1, 0.15) is 0 Å². The fourth-order valence-corrected chi connectivity index (χ4v) is 1.87. The van der Waals surface area contributed by atoms with Gasteiger partial charge in [-0.15, -0.1) is 0 Å². The van der Waals surface area contributed by atoms with Crippen molar-refractivity contribution in [1.82, 2.24) is 15.2 Å². The average molecular weight is 215 g/mol. The molecule has 0 aliphatic heterocycles. The van der Waals surface area contributed by atoms with Crippen LogP contribution in [0.5, 0.6) is 5.88 Å². The average Bonchev–Trinajstić information content (AvgIpc) is 2.72. The Labute approximate surface area is 90.1 Å². The number of aromatic nitrogens is 3. The van der Waals surface area contributed by atoms with E-state index in [4.69, 9.17) is 4.74 Å². The fraction of sp³-hybridized carbons (Fsp3) is 0.0909. The number of rotatable bonds is 1. The zero-order valence-corrected chi connectivity index (χ0v) is 8.57. The number of nitrogens with one attached hydrogen (secondary N) is 2. The topological polar surface area (TPSA) is 70.8 Å². The van der Waals surface area contributed by atoms with Crippen LogP contribution in [-0.4, -0.2) is 22.3 Å². The summed E-state index contributed by atoms with van der Waals surface area (Å²) < 4.78 is 5.19. The highest BCUT2D eigenvalue weighted by Crippen LogP contribution is 2.27. The Balaban J connectivity index is 2.62. The highest BCUT2D eigenvalue weighted by Gasteiger charge is 2.10. The molecule has 0 aliphatic carbocycles. The highest BCUT2D eigenvalue weighted by molar-refractivity contribution is 6.06. The van der Waals surface area contributed by atoms with Crippen molar-refractivity contribution in [2.24, 2.45) is 0 Å². The summed E-state index contributed by atoms with van der Waals surface area (Å²) in [6.45, 7) is 0. The molecule has 0 unspecified atom stereocenters. The summed E-state index contributed by atoms with van der Waals surface area (Å²) in [4.78, 5) is 15.8. The molecule has 0 saturated carbocycles. The van der Waals surface area contributed by atoms with Crippen LogP contribution in [0.15, 0.2) is 29.2 Å². The first-order valence-electron chi connectivity index (χ1n) is 4.83. The van der Waals surface area contributed by atoms with Crippen LogP contribution in [0.3, 0.4) is 0 Å². The molecule has 0 bridgehead atoms. The van der Waals surface area contributed by atoms with Crippen LogP contribution in [0.1, 0.15) is 0 Å². The summed E-state index contributed by atoms with van der Waals surface area (Å²) in [6, 6.07) is 5.14. The lowest BCUT2D eigenvalue weighted by atomic mass is 10.1. The van der Waals surface area contributed by atoms with E-state index in [0.717, 1.165) is 10.8 Å². The molecule has 2 N–H and O–H groups in total. The van der Waals surface area contributed by atoms with Crippen molar-refractivity contribution < 1.29 is 4.74 Å². The van der Waals surface area contributed by atoms with Gasteiger partial charge in [0, 0.05) is 17.0 Å². The largest absolute Gasteiger partial charge is 0.481 e. The molecule has 80 valence electrons. The minimum Gasteiger partial charge on any atom is -0.481 e. The molecule has 3 aromatic rings. The minimum absolute atomic E-state index is 0.0323. The highest BCUT2D eigenvalue weighted by atomic mass is 16.5. The van der Waals surface area contributed by atoms with Crippen molar-refractivity contribution in [2.75, 3.05) is 7.11 Å². The SMILES string of the molecule is COc1[nH][nH]c2ncc3c(=O)cccc3c12. The molecular weight excluding hydrogens is 206 g/mol. The number of fused-ring (bicyclic) bond motifs is 3. The van der Waals surface area contributed by atoms with E-state index in [2.05, 4.69) is 15.2 Å². The van der Waals surface area contributed by atoms with Crippen molar-refractivity contribution in [2.45, 2.75) is 0 Å². The van der Waals surface area contributed by atoms with E-state index in [1.54, 1.807) is 19.4 Å². The lowest BCUT2D eigenvalue weighted by Gasteiger charge is -1.99. The fourth-order valence-electron chi connectivity index (χ4n) is 1.87. The minimum atomic E-state index is -0.0323. The maximum atomic E-state index is 11.6. The lowest BCUT2D eigenvalue weighted by Crippen LogP contribution is -1.98. The van der Waals surface area contributed by atoms with Gasteiger partial charge in [0.15, 0.2) is 11.1 Å². The molecule has 3 rings (SSSR count). The molecule has 0 saturated heterocycles. The van der Waals surface area contributed by atoms with Crippen molar-refractivity contribution in [1.29, 1.82) is 0 Å². The molecule has 2 aromatic heterocycles. The van der Waals surface area contributed by atoms with E-state index in [-0.39, 0.29) is 5.43 Å². The number of methoxy groups -OCH3 is 1. The number of ether oxygens (including phenoxy) is 1. The normalized spacial score (nSPS) is 11.1. The van der Waals surface area contributed by atoms with Gasteiger partial charge in [0.25, 0.3) is 0 Å². The number of pyridine rings is 1. The van der Waals surface area contributed by atoms with Crippen molar-refractivity contribution in [3.8, 4) is 5.88 Å². The van der Waals surface area contributed by atoms with E-state index in [9.17, 15) is 4.79 Å². The summed E-state index contributed by atoms with van der Waals surface area (Å²) in [5.41, 5.74) is 0.644. The van der Waals surface area contributed by atoms with E-state index in [0.29, 0.717) is 16.9 Å². The van der Waals surface area contributed by atoms with Gasteiger partial charge in [-0.05, 0) is 6.07 Å². The van der Waals surface area contributed by atoms with Crippen LogP contribution in [0.2, 0.25) is 0 Å². The van der Waals surface area contributed by atoms with E-state index in [1.165, 1.54) is 6.07 Å². The number of H-pyrrole nitrogens is 2. The summed E-state index contributed by atoms with van der Waals surface area (Å²) >= 11 is 0. The van der Waals surface area contributed by atoms with Gasteiger partial charge in [-0.3, -0.25) is 15.0 Å². The number of nitrogens with zero attached hydrogens (tertiary/aromatic N) is 1. The first-order chi connectivity index (χ1) is 7.81. The van der Waals surface area contributed by atoms with Crippen molar-refractivity contribution in [3.05, 3.63) is 34.6 Å². The monoisotopic (exact) mass is 215 g/mol. The number of aromatic amines is 2. The Morgan fingerprint density at radius 1 is 1.25 bits per heavy atom. The predicted octanol–water partition coefficient (Wildman–Crippen LogP) is 1.41. The first kappa shape index (κ1) is 8.96. The van der Waals surface area contributed by atoms with Gasteiger partial charge < -0.3 is 4.74 Å². The maximum Gasteiger partial charge on any atom is 0.217 e. The quantitative estimate of drug-likeness (QED) is 0.644. The number of benzene rings is 1. The Hall–Kier alpha value is -2.30. The van der Waals surface area contributed by atoms with Gasteiger partial charge in [-0.1, -0.05) is 12.1 Å². The molecular formula is C11H9N3O2. The Morgan fingerprint density at radius 3 is 2.94 bits per heavy atom. The molecule has 0 radical (unpaired) electrons. The van der Waals surface area contributed by atoms with Crippen LogP contribution >= 0.6 is 0 Å².